The molecular formula is C16H11F2NO. The van der Waals surface area contributed by atoms with Gasteiger partial charge in [0.1, 0.15) is 17.7 Å². The van der Waals surface area contributed by atoms with Crippen LogP contribution in [0.25, 0.3) is 10.9 Å². The summed E-state index contributed by atoms with van der Waals surface area (Å²) in [6.45, 7) is 0. The molecule has 0 radical (unpaired) electrons. The van der Waals surface area contributed by atoms with E-state index in [1.54, 1.807) is 24.4 Å². The first-order chi connectivity index (χ1) is 9.68. The lowest BCUT2D eigenvalue weighted by molar-refractivity contribution is 0.210. The van der Waals surface area contributed by atoms with Crippen LogP contribution in [0.5, 0.6) is 0 Å². The van der Waals surface area contributed by atoms with Crippen LogP contribution in [-0.4, -0.2) is 10.1 Å². The van der Waals surface area contributed by atoms with Gasteiger partial charge < -0.3 is 5.11 Å². The van der Waals surface area contributed by atoms with Crippen LogP contribution in [0.4, 0.5) is 8.78 Å². The summed E-state index contributed by atoms with van der Waals surface area (Å²) in [6.07, 6.45) is 0.186. The summed E-state index contributed by atoms with van der Waals surface area (Å²) in [7, 11) is 0. The Balaban J connectivity index is 2.21. The number of para-hydroxylation sites is 1. The van der Waals surface area contributed by atoms with E-state index >= 15 is 0 Å². The third-order valence-electron chi connectivity index (χ3n) is 3.23. The van der Waals surface area contributed by atoms with Gasteiger partial charge in [0.15, 0.2) is 0 Å². The zero-order valence-electron chi connectivity index (χ0n) is 10.4. The number of halogens is 2. The number of hydrogen-bond acceptors (Lipinski definition) is 2. The monoisotopic (exact) mass is 271 g/mol. The third-order valence-corrected chi connectivity index (χ3v) is 3.23. The molecule has 0 saturated carbocycles. The smallest absolute Gasteiger partial charge is 0.132 e. The summed E-state index contributed by atoms with van der Waals surface area (Å²) < 4.78 is 27.5. The van der Waals surface area contributed by atoms with Crippen molar-refractivity contribution < 1.29 is 13.9 Å². The van der Waals surface area contributed by atoms with Crippen molar-refractivity contribution in [1.82, 2.24) is 4.98 Å². The van der Waals surface area contributed by atoms with E-state index in [0.717, 1.165) is 17.5 Å². The Bertz CT molecular complexity index is 748. The number of benzene rings is 2. The molecule has 1 aromatic heterocycles. The van der Waals surface area contributed by atoms with Gasteiger partial charge in [0.05, 0.1) is 11.1 Å². The fourth-order valence-corrected chi connectivity index (χ4v) is 2.28. The molecule has 0 amide bonds. The first kappa shape index (κ1) is 12.7. The number of nitrogens with zero attached hydrogens (tertiary/aromatic N) is 1. The lowest BCUT2D eigenvalue weighted by Crippen LogP contribution is -2.06. The van der Waals surface area contributed by atoms with Gasteiger partial charge in [-0.05, 0) is 18.2 Å². The quantitative estimate of drug-likeness (QED) is 0.772. The van der Waals surface area contributed by atoms with Crippen molar-refractivity contribution in [3.8, 4) is 0 Å². The summed E-state index contributed by atoms with van der Waals surface area (Å²) in [5, 5.41) is 11.1. The SMILES string of the molecule is OC(c1c(F)cccc1F)c1cccc2cccnc12. The summed E-state index contributed by atoms with van der Waals surface area (Å²) in [4.78, 5) is 4.18. The van der Waals surface area contributed by atoms with E-state index in [1.165, 1.54) is 6.07 Å². The minimum atomic E-state index is -1.39. The maximum atomic E-state index is 13.8. The molecule has 3 aromatic rings. The first-order valence-corrected chi connectivity index (χ1v) is 6.14. The highest BCUT2D eigenvalue weighted by Gasteiger charge is 2.21. The van der Waals surface area contributed by atoms with Crippen molar-refractivity contribution in [3.05, 3.63) is 77.5 Å². The summed E-state index contributed by atoms with van der Waals surface area (Å²) in [6, 6.07) is 12.3. The van der Waals surface area contributed by atoms with Crippen LogP contribution in [0.1, 0.15) is 17.2 Å². The molecule has 1 N–H and O–H groups in total. The zero-order valence-corrected chi connectivity index (χ0v) is 10.4. The van der Waals surface area contributed by atoms with E-state index in [9.17, 15) is 13.9 Å². The van der Waals surface area contributed by atoms with Gasteiger partial charge in [-0.25, -0.2) is 8.78 Å². The predicted octanol–water partition coefficient (Wildman–Crippen LogP) is 3.59. The molecule has 2 aromatic carbocycles. The Morgan fingerprint density at radius 3 is 2.30 bits per heavy atom. The van der Waals surface area contributed by atoms with Crippen molar-refractivity contribution in [3.63, 3.8) is 0 Å². The van der Waals surface area contributed by atoms with Gasteiger partial charge in [-0.15, -0.1) is 0 Å². The number of hydrogen-bond donors (Lipinski definition) is 1. The molecule has 0 bridgehead atoms. The van der Waals surface area contributed by atoms with Crippen molar-refractivity contribution in [1.29, 1.82) is 0 Å². The van der Waals surface area contributed by atoms with Crippen LogP contribution in [-0.2, 0) is 0 Å². The number of pyridine rings is 1. The molecule has 0 aliphatic heterocycles. The molecule has 0 fully saturated rings. The molecule has 20 heavy (non-hydrogen) atoms. The molecule has 2 nitrogen and oxygen atoms in total. The topological polar surface area (TPSA) is 33.1 Å². The van der Waals surface area contributed by atoms with Crippen LogP contribution in [0.3, 0.4) is 0 Å². The Labute approximate surface area is 114 Å². The van der Waals surface area contributed by atoms with Gasteiger partial charge in [0.2, 0.25) is 0 Å². The number of fused-ring (bicyclic) bond motifs is 1. The molecule has 3 rings (SSSR count). The third kappa shape index (κ3) is 2.04. The average Bonchev–Trinajstić information content (AvgIpc) is 2.46. The molecule has 4 heteroatoms. The Hall–Kier alpha value is -2.33. The molecule has 0 spiro atoms. The van der Waals surface area contributed by atoms with Crippen LogP contribution < -0.4 is 0 Å². The van der Waals surface area contributed by atoms with Crippen LogP contribution in [0, 0.1) is 11.6 Å². The van der Waals surface area contributed by atoms with Crippen molar-refractivity contribution in [2.75, 3.05) is 0 Å². The van der Waals surface area contributed by atoms with Gasteiger partial charge >= 0.3 is 0 Å². The summed E-state index contributed by atoms with van der Waals surface area (Å²) >= 11 is 0. The lowest BCUT2D eigenvalue weighted by Gasteiger charge is -2.15. The maximum absolute atomic E-state index is 13.8. The average molecular weight is 271 g/mol. The Kier molecular flexibility index (Phi) is 3.16. The second kappa shape index (κ2) is 4.98. The number of rotatable bonds is 2. The standard InChI is InChI=1S/C16H11F2NO/c17-12-7-2-8-13(18)14(12)16(20)11-6-1-4-10-5-3-9-19-15(10)11/h1-9,16,20H. The lowest BCUT2D eigenvalue weighted by atomic mass is 9.98. The van der Waals surface area contributed by atoms with Crippen molar-refractivity contribution in [2.45, 2.75) is 6.10 Å². The summed E-state index contributed by atoms with van der Waals surface area (Å²) in [5.41, 5.74) is 0.558. The van der Waals surface area contributed by atoms with E-state index in [2.05, 4.69) is 4.98 Å². The van der Waals surface area contributed by atoms with Crippen molar-refractivity contribution >= 4 is 10.9 Å². The minimum absolute atomic E-state index is 0.356. The molecule has 100 valence electrons. The Morgan fingerprint density at radius 1 is 0.900 bits per heavy atom. The number of aliphatic hydroxyl groups is 1. The van der Waals surface area contributed by atoms with Crippen molar-refractivity contribution in [2.24, 2.45) is 0 Å². The van der Waals surface area contributed by atoms with Crippen LogP contribution in [0.15, 0.2) is 54.7 Å². The second-order valence-corrected chi connectivity index (χ2v) is 4.46. The maximum Gasteiger partial charge on any atom is 0.132 e. The minimum Gasteiger partial charge on any atom is -0.383 e. The first-order valence-electron chi connectivity index (χ1n) is 6.14. The van der Waals surface area contributed by atoms with E-state index in [4.69, 9.17) is 0 Å². The van der Waals surface area contributed by atoms with E-state index in [1.807, 2.05) is 12.1 Å². The zero-order chi connectivity index (χ0) is 14.1. The van der Waals surface area contributed by atoms with Gasteiger partial charge in [0.25, 0.3) is 0 Å². The largest absolute Gasteiger partial charge is 0.383 e. The van der Waals surface area contributed by atoms with Crippen LogP contribution in [0.2, 0.25) is 0 Å². The normalized spacial score (nSPS) is 12.6. The van der Waals surface area contributed by atoms with Gasteiger partial charge in [-0.2, -0.15) is 0 Å². The molecule has 0 aliphatic rings. The van der Waals surface area contributed by atoms with Gasteiger partial charge in [-0.3, -0.25) is 4.98 Å². The Morgan fingerprint density at radius 2 is 1.55 bits per heavy atom. The van der Waals surface area contributed by atoms with E-state index < -0.39 is 17.7 Å². The van der Waals surface area contributed by atoms with E-state index in [0.29, 0.717) is 11.1 Å². The molecular weight excluding hydrogens is 260 g/mol. The van der Waals surface area contributed by atoms with E-state index in [-0.39, 0.29) is 5.56 Å². The van der Waals surface area contributed by atoms with Gasteiger partial charge in [-0.1, -0.05) is 30.3 Å². The fourth-order valence-electron chi connectivity index (χ4n) is 2.28. The molecule has 1 heterocycles. The fraction of sp³-hybridized carbons (Fsp3) is 0.0625. The number of aromatic nitrogens is 1. The number of aliphatic hydroxyl groups excluding tert-OH is 1. The summed E-state index contributed by atoms with van der Waals surface area (Å²) in [5.74, 6) is -1.55. The highest BCUT2D eigenvalue weighted by atomic mass is 19.1. The molecule has 0 saturated heterocycles. The molecule has 1 atom stereocenters. The molecule has 0 aliphatic carbocycles. The highest BCUT2D eigenvalue weighted by molar-refractivity contribution is 5.82. The second-order valence-electron chi connectivity index (χ2n) is 4.46. The van der Waals surface area contributed by atoms with Crippen LogP contribution >= 0.6 is 0 Å². The molecule has 1 unspecified atom stereocenters. The highest BCUT2D eigenvalue weighted by Crippen LogP contribution is 2.30. The van der Waals surface area contributed by atoms with Gasteiger partial charge in [0, 0.05) is 17.1 Å². The predicted molar refractivity (Wildman–Crippen MR) is 72.2 cm³/mol.